The zero-order valence-electron chi connectivity index (χ0n) is 20.2. The van der Waals surface area contributed by atoms with Crippen LogP contribution in [0.3, 0.4) is 0 Å². The largest absolute Gasteiger partial charge is 0.468 e. The Morgan fingerprint density at radius 1 is 1.00 bits per heavy atom. The number of fused-ring (bicyclic) bond motifs is 1. The lowest BCUT2D eigenvalue weighted by Crippen LogP contribution is -2.48. The molecule has 3 aromatic carbocycles. The summed E-state index contributed by atoms with van der Waals surface area (Å²) in [7, 11) is -7.63. The monoisotopic (exact) mass is 543 g/mol. The minimum absolute atomic E-state index is 0.0377. The number of ether oxygens (including phenoxy) is 1. The second-order valence-corrected chi connectivity index (χ2v) is 12.2. The van der Waals surface area contributed by atoms with Crippen LogP contribution in [0.25, 0.3) is 0 Å². The second-order valence-electron chi connectivity index (χ2n) is 8.31. The van der Waals surface area contributed by atoms with Crippen molar-refractivity contribution in [2.24, 2.45) is 0 Å². The fourth-order valence-electron chi connectivity index (χ4n) is 3.76. The van der Waals surface area contributed by atoms with Gasteiger partial charge in [0.2, 0.25) is 5.91 Å². The number of carbonyl (C=O) groups excluding carboxylic acids is 2. The third kappa shape index (κ3) is 5.69. The number of sulfonamides is 1. The molecule has 2 unspecified atom stereocenters. The van der Waals surface area contributed by atoms with Crippen molar-refractivity contribution in [3.8, 4) is 5.75 Å². The Labute approximate surface area is 215 Å². The normalized spacial score (nSPS) is 17.4. The quantitative estimate of drug-likeness (QED) is 0.311. The number of anilines is 1. The molecule has 0 spiro atoms. The molecule has 194 valence electrons. The van der Waals surface area contributed by atoms with Gasteiger partial charge in [-0.1, -0.05) is 60.2 Å². The number of nitrogens with one attached hydrogen (secondary N) is 2. The Bertz CT molecular complexity index is 1450. The van der Waals surface area contributed by atoms with E-state index in [-0.39, 0.29) is 22.8 Å². The van der Waals surface area contributed by atoms with Gasteiger partial charge in [0.25, 0.3) is 10.0 Å². The van der Waals surface area contributed by atoms with Gasteiger partial charge in [0.15, 0.2) is 5.75 Å². The number of methoxy groups -OCH3 is 1. The summed E-state index contributed by atoms with van der Waals surface area (Å²) in [4.78, 5) is 24.6. The van der Waals surface area contributed by atoms with Gasteiger partial charge in [0, 0.05) is 0 Å². The van der Waals surface area contributed by atoms with E-state index in [0.717, 1.165) is 5.56 Å². The molecule has 0 fully saturated rings. The molecule has 1 amide bonds. The summed E-state index contributed by atoms with van der Waals surface area (Å²) >= 11 is 0. The number of amides is 1. The van der Waals surface area contributed by atoms with Gasteiger partial charge in [0.1, 0.15) is 18.3 Å². The molecule has 0 aliphatic carbocycles. The first kappa shape index (κ1) is 26.4. The van der Waals surface area contributed by atoms with Gasteiger partial charge >= 0.3 is 13.6 Å². The van der Waals surface area contributed by atoms with Crippen molar-refractivity contribution in [3.05, 3.63) is 90.0 Å². The van der Waals surface area contributed by atoms with Gasteiger partial charge in [-0.05, 0) is 43.2 Å². The van der Waals surface area contributed by atoms with Gasteiger partial charge in [0.05, 0.1) is 12.0 Å². The summed E-state index contributed by atoms with van der Waals surface area (Å²) in [5.74, 6) is -1.27. The molecule has 3 aromatic rings. The number of nitrogens with zero attached hydrogens (tertiary/aromatic N) is 1. The number of hydrogen-bond donors (Lipinski definition) is 2. The van der Waals surface area contributed by atoms with E-state index < -0.39 is 42.2 Å². The third-order valence-corrected chi connectivity index (χ3v) is 10.2. The molecule has 1 aliphatic heterocycles. The average Bonchev–Trinajstić information content (AvgIpc) is 3.19. The van der Waals surface area contributed by atoms with Crippen LogP contribution < -0.4 is 19.0 Å². The molecule has 4 rings (SSSR count). The molecule has 0 saturated heterocycles. The van der Waals surface area contributed by atoms with E-state index in [9.17, 15) is 22.6 Å². The van der Waals surface area contributed by atoms with E-state index in [4.69, 9.17) is 4.52 Å². The van der Waals surface area contributed by atoms with Crippen LogP contribution in [0.1, 0.15) is 11.1 Å². The van der Waals surface area contributed by atoms with Gasteiger partial charge in [-0.3, -0.25) is 9.59 Å². The Morgan fingerprint density at radius 3 is 2.32 bits per heavy atom. The van der Waals surface area contributed by atoms with Crippen molar-refractivity contribution in [2.45, 2.75) is 24.3 Å². The molecule has 12 heteroatoms. The maximum atomic E-state index is 14.3. The standard InChI is InChI=1S/C25H26N3O7PS/c1-18-12-14-20(15-13-18)37(32,33)28-22-10-6-7-11-23(22)35-36(28,31)27-21(16-19-8-4-3-5-9-19)25(30)26-17-24(29)34-2/h3-15,21H,16-17H2,1-2H3,(H,26,30)(H,27,31). The Balaban J connectivity index is 1.73. The average molecular weight is 544 g/mol. The molecule has 0 radical (unpaired) electrons. The topological polar surface area (TPSA) is 131 Å². The lowest BCUT2D eigenvalue weighted by Gasteiger charge is -2.28. The Hall–Kier alpha value is -3.66. The molecular formula is C25H26N3O7PS. The van der Waals surface area contributed by atoms with Crippen LogP contribution in [0.15, 0.2) is 83.8 Å². The summed E-state index contributed by atoms with van der Waals surface area (Å²) in [6.07, 6.45) is 0.0377. The number of rotatable bonds is 9. The summed E-state index contributed by atoms with van der Waals surface area (Å²) in [5.41, 5.74) is 1.64. The molecule has 1 heterocycles. The van der Waals surface area contributed by atoms with Crippen LogP contribution in [0.5, 0.6) is 5.75 Å². The number of hydrogen-bond acceptors (Lipinski definition) is 7. The molecule has 2 atom stereocenters. The highest BCUT2D eigenvalue weighted by Gasteiger charge is 2.51. The van der Waals surface area contributed by atoms with Crippen molar-refractivity contribution in [1.29, 1.82) is 0 Å². The number of esters is 1. The van der Waals surface area contributed by atoms with E-state index in [1.54, 1.807) is 54.6 Å². The molecule has 0 aromatic heterocycles. The van der Waals surface area contributed by atoms with E-state index in [2.05, 4.69) is 15.1 Å². The van der Waals surface area contributed by atoms with Crippen molar-refractivity contribution >= 4 is 35.3 Å². The van der Waals surface area contributed by atoms with E-state index in [0.29, 0.717) is 9.64 Å². The van der Waals surface area contributed by atoms with Gasteiger partial charge in [-0.2, -0.15) is 4.08 Å². The highest BCUT2D eigenvalue weighted by atomic mass is 32.2. The molecule has 37 heavy (non-hydrogen) atoms. The van der Waals surface area contributed by atoms with Gasteiger partial charge < -0.3 is 14.6 Å². The van der Waals surface area contributed by atoms with Crippen molar-refractivity contribution in [2.75, 3.05) is 17.7 Å². The lowest BCUT2D eigenvalue weighted by atomic mass is 10.1. The fourth-order valence-corrected chi connectivity index (χ4v) is 8.21. The molecule has 1 aliphatic rings. The number of carbonyl (C=O) groups is 2. The third-order valence-electron chi connectivity index (χ3n) is 5.63. The SMILES string of the molecule is COC(=O)CNC(=O)C(Cc1ccccc1)NP1(=O)Oc2ccccc2N1S(=O)(=O)c1ccc(C)cc1. The maximum Gasteiger partial charge on any atom is 0.434 e. The first-order chi connectivity index (χ1) is 17.6. The van der Waals surface area contributed by atoms with Crippen molar-refractivity contribution in [1.82, 2.24) is 10.4 Å². The highest BCUT2D eigenvalue weighted by Crippen LogP contribution is 2.61. The first-order valence-corrected chi connectivity index (χ1v) is 14.3. The molecule has 10 nitrogen and oxygen atoms in total. The minimum Gasteiger partial charge on any atom is -0.468 e. The van der Waals surface area contributed by atoms with Crippen LogP contribution in [-0.4, -0.2) is 40.0 Å². The van der Waals surface area contributed by atoms with Gasteiger partial charge in [-0.25, -0.2) is 18.1 Å². The second kappa shape index (κ2) is 10.8. The zero-order chi connectivity index (χ0) is 26.6. The van der Waals surface area contributed by atoms with Crippen LogP contribution in [0.4, 0.5) is 5.69 Å². The molecule has 2 N–H and O–H groups in total. The van der Waals surface area contributed by atoms with Crippen LogP contribution in [0, 0.1) is 6.92 Å². The molecule has 0 bridgehead atoms. The summed E-state index contributed by atoms with van der Waals surface area (Å²) in [6.45, 7) is 1.40. The van der Waals surface area contributed by atoms with E-state index >= 15 is 0 Å². The van der Waals surface area contributed by atoms with Crippen molar-refractivity contribution < 1.29 is 31.8 Å². The fraction of sp³-hybridized carbons (Fsp3) is 0.200. The summed E-state index contributed by atoms with van der Waals surface area (Å²) < 4.78 is 52.9. The first-order valence-electron chi connectivity index (χ1n) is 11.3. The Kier molecular flexibility index (Phi) is 7.68. The van der Waals surface area contributed by atoms with E-state index in [1.165, 1.54) is 31.4 Å². The van der Waals surface area contributed by atoms with Gasteiger partial charge in [-0.15, -0.1) is 0 Å². The van der Waals surface area contributed by atoms with Crippen LogP contribution in [-0.2, 0) is 35.3 Å². The minimum atomic E-state index is -4.44. The molecular weight excluding hydrogens is 517 g/mol. The number of benzene rings is 3. The highest BCUT2D eigenvalue weighted by molar-refractivity contribution is 8.00. The van der Waals surface area contributed by atoms with Crippen molar-refractivity contribution in [3.63, 3.8) is 0 Å². The summed E-state index contributed by atoms with van der Waals surface area (Å²) in [6, 6.07) is 20.0. The summed E-state index contributed by atoms with van der Waals surface area (Å²) in [5, 5.41) is 5.12. The molecule has 0 saturated carbocycles. The Morgan fingerprint density at radius 2 is 1.65 bits per heavy atom. The van der Waals surface area contributed by atoms with Crippen LogP contribution >= 0.6 is 7.67 Å². The van der Waals surface area contributed by atoms with Crippen LogP contribution in [0.2, 0.25) is 0 Å². The predicted molar refractivity (Wildman–Crippen MR) is 138 cm³/mol. The number of aryl methyl sites for hydroxylation is 1. The lowest BCUT2D eigenvalue weighted by molar-refractivity contribution is -0.141. The maximum absolute atomic E-state index is 14.3. The zero-order valence-corrected chi connectivity index (χ0v) is 21.9. The number of para-hydroxylation sites is 2. The van der Waals surface area contributed by atoms with E-state index in [1.807, 2.05) is 6.92 Å². The predicted octanol–water partition coefficient (Wildman–Crippen LogP) is 3.18. The smallest absolute Gasteiger partial charge is 0.434 e.